The molecular formula is C13H23N3. The van der Waals surface area contributed by atoms with Crippen LogP contribution < -0.4 is 0 Å². The van der Waals surface area contributed by atoms with E-state index in [1.165, 1.54) is 37.2 Å². The molecule has 1 aliphatic heterocycles. The van der Waals surface area contributed by atoms with E-state index in [1.807, 2.05) is 4.68 Å². The molecule has 1 fully saturated rings. The predicted octanol–water partition coefficient (Wildman–Crippen LogP) is 2.44. The summed E-state index contributed by atoms with van der Waals surface area (Å²) >= 11 is 0. The van der Waals surface area contributed by atoms with E-state index in [2.05, 4.69) is 37.0 Å². The molecular weight excluding hydrogens is 198 g/mol. The Morgan fingerprint density at radius 3 is 2.62 bits per heavy atom. The third-order valence-electron chi connectivity index (χ3n) is 3.64. The van der Waals surface area contributed by atoms with E-state index in [-0.39, 0.29) is 0 Å². The van der Waals surface area contributed by atoms with Gasteiger partial charge in [0, 0.05) is 24.8 Å². The fraction of sp³-hybridized carbons (Fsp3) is 0.769. The van der Waals surface area contributed by atoms with E-state index < -0.39 is 0 Å². The summed E-state index contributed by atoms with van der Waals surface area (Å²) in [5, 5.41) is 4.50. The van der Waals surface area contributed by atoms with Gasteiger partial charge in [0.1, 0.15) is 0 Å². The first kappa shape index (κ1) is 11.6. The average molecular weight is 221 g/mol. The minimum absolute atomic E-state index is 0.913. The van der Waals surface area contributed by atoms with E-state index in [9.17, 15) is 0 Å². The van der Waals surface area contributed by atoms with Crippen LogP contribution in [-0.4, -0.2) is 27.8 Å². The van der Waals surface area contributed by atoms with Crippen molar-refractivity contribution in [2.24, 2.45) is 5.92 Å². The van der Waals surface area contributed by atoms with Gasteiger partial charge in [-0.2, -0.15) is 5.10 Å². The van der Waals surface area contributed by atoms with Crippen LogP contribution in [0.1, 0.15) is 37.9 Å². The molecule has 1 aromatic heterocycles. The average Bonchev–Trinajstić information content (AvgIpc) is 2.63. The van der Waals surface area contributed by atoms with E-state index in [4.69, 9.17) is 0 Å². The minimum Gasteiger partial charge on any atom is -0.299 e. The number of nitrogens with zero attached hydrogens (tertiary/aromatic N) is 3. The fourth-order valence-electron chi connectivity index (χ4n) is 2.34. The summed E-state index contributed by atoms with van der Waals surface area (Å²) in [5.41, 5.74) is 2.59. The Bertz CT molecular complexity index is 335. The lowest BCUT2D eigenvalue weighted by Crippen LogP contribution is -2.32. The van der Waals surface area contributed by atoms with Crippen LogP contribution in [-0.2, 0) is 13.1 Å². The van der Waals surface area contributed by atoms with E-state index in [0.717, 1.165) is 19.0 Å². The van der Waals surface area contributed by atoms with Crippen molar-refractivity contribution in [1.29, 1.82) is 0 Å². The second-order valence-corrected chi connectivity index (χ2v) is 5.05. The Balaban J connectivity index is 1.95. The molecule has 90 valence electrons. The lowest BCUT2D eigenvalue weighted by atomic mass is 9.99. The van der Waals surface area contributed by atoms with Crippen LogP contribution in [0, 0.1) is 12.8 Å². The zero-order valence-corrected chi connectivity index (χ0v) is 10.7. The van der Waals surface area contributed by atoms with Crippen molar-refractivity contribution in [3.63, 3.8) is 0 Å². The third kappa shape index (κ3) is 2.64. The summed E-state index contributed by atoms with van der Waals surface area (Å²) in [4.78, 5) is 2.56. The van der Waals surface area contributed by atoms with E-state index in [1.54, 1.807) is 0 Å². The van der Waals surface area contributed by atoms with Gasteiger partial charge in [-0.3, -0.25) is 9.58 Å². The summed E-state index contributed by atoms with van der Waals surface area (Å²) in [7, 11) is 0. The monoisotopic (exact) mass is 221 g/mol. The topological polar surface area (TPSA) is 21.1 Å². The quantitative estimate of drug-likeness (QED) is 0.781. The van der Waals surface area contributed by atoms with Crippen molar-refractivity contribution >= 4 is 0 Å². The summed E-state index contributed by atoms with van der Waals surface area (Å²) in [5.74, 6) is 0.913. The molecule has 0 bridgehead atoms. The van der Waals surface area contributed by atoms with Gasteiger partial charge in [0.15, 0.2) is 0 Å². The maximum atomic E-state index is 4.50. The van der Waals surface area contributed by atoms with Crippen molar-refractivity contribution in [1.82, 2.24) is 14.7 Å². The van der Waals surface area contributed by atoms with E-state index >= 15 is 0 Å². The number of piperidine rings is 1. The summed E-state index contributed by atoms with van der Waals surface area (Å²) in [6, 6.07) is 0. The van der Waals surface area contributed by atoms with Crippen LogP contribution in [0.2, 0.25) is 0 Å². The Kier molecular flexibility index (Phi) is 3.64. The third-order valence-corrected chi connectivity index (χ3v) is 3.64. The van der Waals surface area contributed by atoms with Gasteiger partial charge >= 0.3 is 0 Å². The zero-order valence-electron chi connectivity index (χ0n) is 10.7. The van der Waals surface area contributed by atoms with Crippen LogP contribution in [0.25, 0.3) is 0 Å². The number of likely N-dealkylation sites (tertiary alicyclic amines) is 1. The maximum Gasteiger partial charge on any atom is 0.0638 e. The molecule has 3 heteroatoms. The first-order valence-corrected chi connectivity index (χ1v) is 6.44. The van der Waals surface area contributed by atoms with Gasteiger partial charge in [0.25, 0.3) is 0 Å². The Labute approximate surface area is 98.4 Å². The van der Waals surface area contributed by atoms with Gasteiger partial charge in [0.2, 0.25) is 0 Å². The first-order valence-electron chi connectivity index (χ1n) is 6.44. The molecule has 0 N–H and O–H groups in total. The molecule has 0 atom stereocenters. The number of hydrogen-bond donors (Lipinski definition) is 0. The van der Waals surface area contributed by atoms with Crippen molar-refractivity contribution in [3.05, 3.63) is 17.5 Å². The van der Waals surface area contributed by atoms with Gasteiger partial charge in [0.05, 0.1) is 5.69 Å². The Hall–Kier alpha value is -0.830. The standard InChI is InChI=1S/C13H23N3/c1-4-16-10-13(12(3)14-16)9-15-7-5-11(2)6-8-15/h10-11H,4-9H2,1-3H3. The molecule has 0 unspecified atom stereocenters. The van der Waals surface area contributed by atoms with Crippen LogP contribution in [0.5, 0.6) is 0 Å². The van der Waals surface area contributed by atoms with Crippen LogP contribution >= 0.6 is 0 Å². The van der Waals surface area contributed by atoms with Gasteiger partial charge < -0.3 is 0 Å². The summed E-state index contributed by atoms with van der Waals surface area (Å²) in [6.07, 6.45) is 4.90. The highest BCUT2D eigenvalue weighted by atomic mass is 15.3. The lowest BCUT2D eigenvalue weighted by Gasteiger charge is -2.29. The highest BCUT2D eigenvalue weighted by Crippen LogP contribution is 2.18. The number of rotatable bonds is 3. The van der Waals surface area contributed by atoms with Crippen LogP contribution in [0.15, 0.2) is 6.20 Å². The highest BCUT2D eigenvalue weighted by molar-refractivity contribution is 5.15. The normalized spacial score (nSPS) is 19.2. The zero-order chi connectivity index (χ0) is 11.5. The molecule has 0 aromatic carbocycles. The number of aromatic nitrogens is 2. The molecule has 2 heterocycles. The smallest absolute Gasteiger partial charge is 0.0638 e. The van der Waals surface area contributed by atoms with Crippen molar-refractivity contribution in [2.45, 2.75) is 46.7 Å². The molecule has 0 radical (unpaired) electrons. The largest absolute Gasteiger partial charge is 0.299 e. The molecule has 16 heavy (non-hydrogen) atoms. The van der Waals surface area contributed by atoms with Crippen molar-refractivity contribution in [2.75, 3.05) is 13.1 Å². The molecule has 2 rings (SSSR count). The van der Waals surface area contributed by atoms with Gasteiger partial charge in [-0.05, 0) is 45.7 Å². The fourth-order valence-corrected chi connectivity index (χ4v) is 2.34. The summed E-state index contributed by atoms with van der Waals surface area (Å²) < 4.78 is 2.04. The van der Waals surface area contributed by atoms with Gasteiger partial charge in [-0.15, -0.1) is 0 Å². The van der Waals surface area contributed by atoms with Crippen molar-refractivity contribution < 1.29 is 0 Å². The van der Waals surface area contributed by atoms with Gasteiger partial charge in [-0.1, -0.05) is 6.92 Å². The Morgan fingerprint density at radius 1 is 1.38 bits per heavy atom. The SMILES string of the molecule is CCn1cc(CN2CCC(C)CC2)c(C)n1. The minimum atomic E-state index is 0.913. The molecule has 0 aliphatic carbocycles. The first-order chi connectivity index (χ1) is 7.69. The van der Waals surface area contributed by atoms with E-state index in [0.29, 0.717) is 0 Å². The molecule has 0 saturated carbocycles. The van der Waals surface area contributed by atoms with Crippen LogP contribution in [0.3, 0.4) is 0 Å². The maximum absolute atomic E-state index is 4.50. The Morgan fingerprint density at radius 2 is 2.06 bits per heavy atom. The summed E-state index contributed by atoms with van der Waals surface area (Å²) in [6.45, 7) is 11.2. The second kappa shape index (κ2) is 5.00. The van der Waals surface area contributed by atoms with Crippen LogP contribution in [0.4, 0.5) is 0 Å². The molecule has 0 spiro atoms. The molecule has 1 aliphatic rings. The molecule has 3 nitrogen and oxygen atoms in total. The number of aryl methyl sites for hydroxylation is 2. The molecule has 1 aromatic rings. The van der Waals surface area contributed by atoms with Gasteiger partial charge in [-0.25, -0.2) is 0 Å². The molecule has 1 saturated heterocycles. The predicted molar refractivity (Wildman–Crippen MR) is 66.3 cm³/mol. The number of hydrogen-bond acceptors (Lipinski definition) is 2. The second-order valence-electron chi connectivity index (χ2n) is 5.05. The lowest BCUT2D eigenvalue weighted by molar-refractivity contribution is 0.185. The van der Waals surface area contributed by atoms with Crippen molar-refractivity contribution in [3.8, 4) is 0 Å². The highest BCUT2D eigenvalue weighted by Gasteiger charge is 2.17. The molecule has 0 amide bonds.